The molecule has 0 N–H and O–H groups in total. The molecule has 37 heavy (non-hydrogen) atoms. The summed E-state index contributed by atoms with van der Waals surface area (Å²) in [5.74, 6) is 3.30. The van der Waals surface area contributed by atoms with Gasteiger partial charge in [0.05, 0.1) is 27.0 Å². The highest BCUT2D eigenvalue weighted by molar-refractivity contribution is 5.98. The number of piperidine rings is 1. The molecule has 0 spiro atoms. The van der Waals surface area contributed by atoms with Crippen LogP contribution in [-0.4, -0.2) is 44.4 Å². The first-order chi connectivity index (χ1) is 18.2. The fourth-order valence-corrected chi connectivity index (χ4v) is 5.26. The molecule has 1 fully saturated rings. The predicted molar refractivity (Wildman–Crippen MR) is 149 cm³/mol. The highest BCUT2D eigenvalue weighted by Gasteiger charge is 2.17. The molecule has 1 aromatic heterocycles. The smallest absolute Gasteiger partial charge is 0.163 e. The molecule has 2 heterocycles. The molecule has 4 aromatic rings. The standard InChI is InChI=1S/C31H35N3O3/c1-35-25-14-13-23-19-24(20-28(26(23)21-25)34-17-5-4-6-18-34)27-15-16-32-30(33-27)12-8-10-22-9-7-11-29(36-2)31(22)37-3/h7,9,11,13-16,19-21H,4-6,8,10,12,17-18H2,1-3H3. The maximum absolute atomic E-state index is 5.59. The number of hydrogen-bond donors (Lipinski definition) is 0. The highest BCUT2D eigenvalue weighted by Crippen LogP contribution is 2.36. The minimum atomic E-state index is 0.761. The van der Waals surface area contributed by atoms with Gasteiger partial charge in [-0.25, -0.2) is 9.97 Å². The van der Waals surface area contributed by atoms with Crippen molar-refractivity contribution in [3.8, 4) is 28.5 Å². The van der Waals surface area contributed by atoms with E-state index in [-0.39, 0.29) is 0 Å². The maximum Gasteiger partial charge on any atom is 0.163 e. The SMILES string of the molecule is COc1ccc2cc(-c3ccnc(CCCc4cccc(OC)c4OC)n3)cc(N3CCCCC3)c2c1. The number of ether oxygens (including phenoxy) is 3. The van der Waals surface area contributed by atoms with Gasteiger partial charge in [-0.3, -0.25) is 0 Å². The Kier molecular flexibility index (Phi) is 7.73. The van der Waals surface area contributed by atoms with Gasteiger partial charge in [0.15, 0.2) is 11.5 Å². The van der Waals surface area contributed by atoms with Crippen LogP contribution in [0.25, 0.3) is 22.0 Å². The summed E-state index contributed by atoms with van der Waals surface area (Å²) in [7, 11) is 5.08. The van der Waals surface area contributed by atoms with Crippen LogP contribution in [-0.2, 0) is 12.8 Å². The van der Waals surface area contributed by atoms with Gasteiger partial charge in [0.25, 0.3) is 0 Å². The maximum atomic E-state index is 5.59. The van der Waals surface area contributed by atoms with Crippen molar-refractivity contribution in [3.63, 3.8) is 0 Å². The molecule has 0 radical (unpaired) electrons. The van der Waals surface area contributed by atoms with Crippen molar-refractivity contribution < 1.29 is 14.2 Å². The van der Waals surface area contributed by atoms with Crippen LogP contribution in [0.1, 0.15) is 37.1 Å². The fraction of sp³-hybridized carbons (Fsp3) is 0.355. The van der Waals surface area contributed by atoms with Crippen molar-refractivity contribution in [3.05, 3.63) is 72.2 Å². The number of methoxy groups -OCH3 is 3. The lowest BCUT2D eigenvalue weighted by Crippen LogP contribution is -2.29. The van der Waals surface area contributed by atoms with E-state index < -0.39 is 0 Å². The van der Waals surface area contributed by atoms with Gasteiger partial charge in [0.1, 0.15) is 11.6 Å². The van der Waals surface area contributed by atoms with Crippen molar-refractivity contribution >= 4 is 16.5 Å². The van der Waals surface area contributed by atoms with Gasteiger partial charge in [-0.1, -0.05) is 18.2 Å². The molecule has 6 nitrogen and oxygen atoms in total. The predicted octanol–water partition coefficient (Wildman–Crippen LogP) is 6.49. The number of nitrogens with zero attached hydrogens (tertiary/aromatic N) is 3. The molecule has 192 valence electrons. The minimum absolute atomic E-state index is 0.761. The molecule has 5 rings (SSSR count). The van der Waals surface area contributed by atoms with E-state index in [1.807, 2.05) is 30.5 Å². The Labute approximate surface area is 219 Å². The summed E-state index contributed by atoms with van der Waals surface area (Å²) in [5, 5.41) is 2.43. The van der Waals surface area contributed by atoms with Crippen LogP contribution in [0.15, 0.2) is 60.8 Å². The first kappa shape index (κ1) is 24.9. The van der Waals surface area contributed by atoms with Gasteiger partial charge >= 0.3 is 0 Å². The second kappa shape index (κ2) is 11.5. The summed E-state index contributed by atoms with van der Waals surface area (Å²) in [6, 6.07) is 18.9. The van der Waals surface area contributed by atoms with Crippen molar-refractivity contribution in [2.45, 2.75) is 38.5 Å². The van der Waals surface area contributed by atoms with E-state index >= 15 is 0 Å². The zero-order valence-electron chi connectivity index (χ0n) is 22.0. The number of para-hydroxylation sites is 1. The molecule has 0 amide bonds. The summed E-state index contributed by atoms with van der Waals surface area (Å²) in [6.07, 6.45) is 8.21. The number of benzene rings is 3. The lowest BCUT2D eigenvalue weighted by Gasteiger charge is -2.30. The Morgan fingerprint density at radius 1 is 0.838 bits per heavy atom. The summed E-state index contributed by atoms with van der Waals surface area (Å²) < 4.78 is 16.6. The summed E-state index contributed by atoms with van der Waals surface area (Å²) in [6.45, 7) is 2.16. The average molecular weight is 498 g/mol. The summed E-state index contributed by atoms with van der Waals surface area (Å²) in [5.41, 5.74) is 4.47. The number of aryl methyl sites for hydroxylation is 2. The topological polar surface area (TPSA) is 56.7 Å². The number of rotatable bonds is 9. The van der Waals surface area contributed by atoms with Crippen molar-refractivity contribution in [1.29, 1.82) is 0 Å². The average Bonchev–Trinajstić information content (AvgIpc) is 2.96. The van der Waals surface area contributed by atoms with Gasteiger partial charge in [0, 0.05) is 42.3 Å². The first-order valence-electron chi connectivity index (χ1n) is 13.1. The normalized spacial score (nSPS) is 13.5. The van der Waals surface area contributed by atoms with Crippen LogP contribution in [0, 0.1) is 0 Å². The molecule has 0 saturated carbocycles. The van der Waals surface area contributed by atoms with Gasteiger partial charge in [0.2, 0.25) is 0 Å². The monoisotopic (exact) mass is 497 g/mol. The van der Waals surface area contributed by atoms with E-state index in [4.69, 9.17) is 19.2 Å². The van der Waals surface area contributed by atoms with E-state index in [0.717, 1.165) is 72.2 Å². The van der Waals surface area contributed by atoms with Gasteiger partial charge in [-0.05, 0) is 79.5 Å². The molecule has 0 bridgehead atoms. The molecule has 6 heteroatoms. The van der Waals surface area contributed by atoms with E-state index in [9.17, 15) is 0 Å². The zero-order valence-corrected chi connectivity index (χ0v) is 22.0. The van der Waals surface area contributed by atoms with Gasteiger partial charge in [-0.15, -0.1) is 0 Å². The van der Waals surface area contributed by atoms with Crippen LogP contribution in [0.5, 0.6) is 17.2 Å². The van der Waals surface area contributed by atoms with Crippen molar-refractivity contribution in [2.75, 3.05) is 39.3 Å². The Bertz CT molecular complexity index is 1370. The van der Waals surface area contributed by atoms with E-state index in [1.165, 1.54) is 35.7 Å². The Hall–Kier alpha value is -3.80. The molecule has 1 aliphatic heterocycles. The largest absolute Gasteiger partial charge is 0.497 e. The third kappa shape index (κ3) is 5.48. The van der Waals surface area contributed by atoms with E-state index in [1.54, 1.807) is 21.3 Å². The van der Waals surface area contributed by atoms with Crippen molar-refractivity contribution in [1.82, 2.24) is 9.97 Å². The molecule has 3 aromatic carbocycles. The lowest BCUT2D eigenvalue weighted by molar-refractivity contribution is 0.351. The Balaban J connectivity index is 1.40. The van der Waals surface area contributed by atoms with Crippen LogP contribution in [0.3, 0.4) is 0 Å². The lowest BCUT2D eigenvalue weighted by atomic mass is 10.00. The Morgan fingerprint density at radius 3 is 2.49 bits per heavy atom. The van der Waals surface area contributed by atoms with Crippen molar-refractivity contribution in [2.24, 2.45) is 0 Å². The van der Waals surface area contributed by atoms with Crippen LogP contribution in [0.2, 0.25) is 0 Å². The third-order valence-corrected chi connectivity index (χ3v) is 7.17. The molecule has 1 saturated heterocycles. The summed E-state index contributed by atoms with van der Waals surface area (Å²) >= 11 is 0. The first-order valence-corrected chi connectivity index (χ1v) is 13.1. The number of hydrogen-bond acceptors (Lipinski definition) is 6. The van der Waals surface area contributed by atoms with Crippen LogP contribution in [0.4, 0.5) is 5.69 Å². The van der Waals surface area contributed by atoms with Gasteiger partial charge < -0.3 is 19.1 Å². The van der Waals surface area contributed by atoms with Crippen LogP contribution >= 0.6 is 0 Å². The second-order valence-electron chi connectivity index (χ2n) is 9.49. The highest BCUT2D eigenvalue weighted by atomic mass is 16.5. The number of fused-ring (bicyclic) bond motifs is 1. The molecule has 0 unspecified atom stereocenters. The van der Waals surface area contributed by atoms with E-state index in [0.29, 0.717) is 0 Å². The molecule has 0 aliphatic carbocycles. The fourth-order valence-electron chi connectivity index (χ4n) is 5.26. The zero-order chi connectivity index (χ0) is 25.6. The second-order valence-corrected chi connectivity index (χ2v) is 9.49. The van der Waals surface area contributed by atoms with Gasteiger partial charge in [-0.2, -0.15) is 0 Å². The molecule has 0 atom stereocenters. The van der Waals surface area contributed by atoms with Crippen LogP contribution < -0.4 is 19.1 Å². The summed E-state index contributed by atoms with van der Waals surface area (Å²) in [4.78, 5) is 12.1. The minimum Gasteiger partial charge on any atom is -0.497 e. The number of anilines is 1. The number of aromatic nitrogens is 2. The Morgan fingerprint density at radius 2 is 1.70 bits per heavy atom. The quantitative estimate of drug-likeness (QED) is 0.264. The molecule has 1 aliphatic rings. The van der Waals surface area contributed by atoms with E-state index in [2.05, 4.69) is 40.2 Å². The molecular weight excluding hydrogens is 462 g/mol. The molecular formula is C31H35N3O3. The third-order valence-electron chi connectivity index (χ3n) is 7.17.